The van der Waals surface area contributed by atoms with Crippen molar-refractivity contribution in [1.29, 1.82) is 0 Å². The predicted octanol–water partition coefficient (Wildman–Crippen LogP) is -1.36. The Balaban J connectivity index is 2.35. The van der Waals surface area contributed by atoms with E-state index in [-0.39, 0.29) is 58.1 Å². The normalized spacial score (nSPS) is 16.2. The first kappa shape index (κ1) is 34.2. The van der Waals surface area contributed by atoms with Crippen molar-refractivity contribution >= 4 is 51.8 Å². The summed E-state index contributed by atoms with van der Waals surface area (Å²) in [6.45, 7) is -0.767. The Morgan fingerprint density at radius 3 is 1.73 bits per heavy atom. The third-order valence-corrected chi connectivity index (χ3v) is 9.18. The fourth-order valence-corrected chi connectivity index (χ4v) is 6.47. The summed E-state index contributed by atoms with van der Waals surface area (Å²) in [7, 11) is -15.7. The molecule has 17 nitrogen and oxygen atoms in total. The summed E-state index contributed by atoms with van der Waals surface area (Å²) in [5.74, 6) is 0. The second-order valence-corrected chi connectivity index (χ2v) is 15.6. The van der Waals surface area contributed by atoms with E-state index in [9.17, 15) is 43.8 Å². The lowest BCUT2D eigenvalue weighted by Gasteiger charge is -2.35. The molecule has 1 heterocycles. The highest BCUT2D eigenvalue weighted by Gasteiger charge is 2.33. The molecular weight excluding hydrogens is 620 g/mol. The number of non-ortho nitro benzene ring substituents is 1. The van der Waals surface area contributed by atoms with Crippen LogP contribution in [0.4, 0.5) is 11.4 Å². The van der Waals surface area contributed by atoms with Crippen LogP contribution in [-0.2, 0) is 52.9 Å². The van der Waals surface area contributed by atoms with Crippen LogP contribution in [0.15, 0.2) is 23.1 Å². The average Bonchev–Trinajstić information content (AvgIpc) is 2.81. The van der Waals surface area contributed by atoms with Gasteiger partial charge in [0.05, 0.1) is 49.2 Å². The number of anilines is 1. The SMILES string of the molecule is CS(=O)(=O)OCCN1CCN(S(=O)(=O)c2cc([N+](=O)[O-])ccc2N(CCOS(C)(=O)=O)CCOS(C)(=O)=O)CC1. The topological polar surface area (TPSA) is 217 Å². The molecule has 1 aromatic rings. The van der Waals surface area contributed by atoms with Crippen LogP contribution >= 0.6 is 0 Å². The lowest BCUT2D eigenvalue weighted by Crippen LogP contribution is -2.49. The molecule has 2 rings (SSSR count). The Morgan fingerprint density at radius 1 is 0.800 bits per heavy atom. The highest BCUT2D eigenvalue weighted by Crippen LogP contribution is 2.32. The van der Waals surface area contributed by atoms with Gasteiger partial charge in [-0.2, -0.15) is 29.6 Å². The van der Waals surface area contributed by atoms with E-state index in [1.807, 2.05) is 0 Å². The van der Waals surface area contributed by atoms with Crippen LogP contribution in [0.5, 0.6) is 0 Å². The van der Waals surface area contributed by atoms with E-state index in [1.54, 1.807) is 4.90 Å². The van der Waals surface area contributed by atoms with E-state index in [0.29, 0.717) is 0 Å². The Bertz CT molecular complexity index is 1430. The van der Waals surface area contributed by atoms with Crippen molar-refractivity contribution in [3.05, 3.63) is 28.3 Å². The summed E-state index contributed by atoms with van der Waals surface area (Å²) in [4.78, 5) is 13.3. The van der Waals surface area contributed by atoms with Gasteiger partial charge >= 0.3 is 0 Å². The molecule has 0 bridgehead atoms. The molecule has 21 heteroatoms. The summed E-state index contributed by atoms with van der Waals surface area (Å²) in [5.41, 5.74) is -0.567. The van der Waals surface area contributed by atoms with E-state index in [4.69, 9.17) is 12.5 Å². The number of hydrogen-bond donors (Lipinski definition) is 0. The summed E-state index contributed by atoms with van der Waals surface area (Å²) < 4.78 is 111. The lowest BCUT2D eigenvalue weighted by molar-refractivity contribution is -0.385. The van der Waals surface area contributed by atoms with Crippen LogP contribution < -0.4 is 4.90 Å². The maximum atomic E-state index is 13.7. The van der Waals surface area contributed by atoms with Crippen molar-refractivity contribution in [3.63, 3.8) is 0 Å². The minimum atomic E-state index is -4.35. The molecule has 0 aromatic heterocycles. The van der Waals surface area contributed by atoms with Gasteiger partial charge in [0.15, 0.2) is 0 Å². The predicted molar refractivity (Wildman–Crippen MR) is 143 cm³/mol. The molecule has 0 N–H and O–H groups in total. The quantitative estimate of drug-likeness (QED) is 0.114. The third-order valence-electron chi connectivity index (χ3n) is 5.47. The van der Waals surface area contributed by atoms with Gasteiger partial charge < -0.3 is 4.90 Å². The summed E-state index contributed by atoms with van der Waals surface area (Å²) in [5, 5.41) is 11.5. The highest BCUT2D eigenvalue weighted by atomic mass is 32.2. The average molecular weight is 653 g/mol. The first-order chi connectivity index (χ1) is 18.3. The molecule has 0 radical (unpaired) electrons. The Kier molecular flexibility index (Phi) is 11.8. The molecule has 0 spiro atoms. The van der Waals surface area contributed by atoms with Gasteiger partial charge in [0.1, 0.15) is 4.90 Å². The van der Waals surface area contributed by atoms with Crippen molar-refractivity contribution in [2.75, 3.05) is 89.3 Å². The summed E-state index contributed by atoms with van der Waals surface area (Å²) in [6, 6.07) is 3.11. The molecule has 1 aliphatic rings. The highest BCUT2D eigenvalue weighted by molar-refractivity contribution is 7.89. The van der Waals surface area contributed by atoms with Crippen LogP contribution in [0.3, 0.4) is 0 Å². The number of nitro benzene ring substituents is 1. The number of nitro groups is 1. The molecule has 1 aliphatic heterocycles. The first-order valence-electron chi connectivity index (χ1n) is 11.6. The zero-order valence-corrected chi connectivity index (χ0v) is 25.3. The first-order valence-corrected chi connectivity index (χ1v) is 18.5. The van der Waals surface area contributed by atoms with E-state index >= 15 is 0 Å². The van der Waals surface area contributed by atoms with Gasteiger partial charge in [-0.25, -0.2) is 8.42 Å². The molecule has 0 aliphatic carbocycles. The molecule has 230 valence electrons. The molecule has 40 heavy (non-hydrogen) atoms. The number of sulfonamides is 1. The van der Waals surface area contributed by atoms with Gasteiger partial charge in [-0.3, -0.25) is 27.6 Å². The molecule has 0 unspecified atom stereocenters. The van der Waals surface area contributed by atoms with Crippen molar-refractivity contribution in [2.45, 2.75) is 4.90 Å². The standard InChI is InChI=1S/C19H32N4O13S4/c1-37(26,27)34-13-10-20-6-8-22(9-7-20)40(32,33)19-16-17(23(24)25)4-5-18(19)21(11-14-35-38(2,28)29)12-15-36-39(3,30)31/h4-5,16H,6-15H2,1-3H3. The minimum Gasteiger partial charge on any atom is -0.366 e. The second kappa shape index (κ2) is 13.8. The maximum Gasteiger partial charge on any atom is 0.270 e. The molecule has 0 amide bonds. The van der Waals surface area contributed by atoms with Crippen LogP contribution in [0.25, 0.3) is 0 Å². The van der Waals surface area contributed by atoms with Crippen LogP contribution in [0.1, 0.15) is 0 Å². The Hall–Kier alpha value is -1.98. The molecular formula is C19H32N4O13S4. The molecule has 1 aromatic carbocycles. The van der Waals surface area contributed by atoms with E-state index < -0.39 is 69.1 Å². The lowest BCUT2D eigenvalue weighted by atomic mass is 10.2. The van der Waals surface area contributed by atoms with Crippen molar-refractivity contribution < 1.29 is 51.1 Å². The number of rotatable bonds is 16. The number of benzene rings is 1. The second-order valence-electron chi connectivity index (χ2n) is 8.72. The zero-order chi connectivity index (χ0) is 30.4. The van der Waals surface area contributed by atoms with E-state index in [0.717, 1.165) is 35.2 Å². The van der Waals surface area contributed by atoms with Gasteiger partial charge in [-0.05, 0) is 6.07 Å². The maximum absolute atomic E-state index is 13.7. The minimum absolute atomic E-state index is 0.0162. The smallest absolute Gasteiger partial charge is 0.270 e. The fourth-order valence-electron chi connectivity index (χ4n) is 3.68. The zero-order valence-electron chi connectivity index (χ0n) is 22.0. The number of hydrogen-bond acceptors (Lipinski definition) is 15. The van der Waals surface area contributed by atoms with Gasteiger partial charge in [0.2, 0.25) is 10.0 Å². The summed E-state index contributed by atoms with van der Waals surface area (Å²) >= 11 is 0. The molecule has 1 saturated heterocycles. The van der Waals surface area contributed by atoms with Crippen molar-refractivity contribution in [2.24, 2.45) is 0 Å². The molecule has 0 saturated carbocycles. The molecule has 1 fully saturated rings. The number of piperazine rings is 1. The van der Waals surface area contributed by atoms with Crippen LogP contribution in [0.2, 0.25) is 0 Å². The van der Waals surface area contributed by atoms with Gasteiger partial charge in [-0.15, -0.1) is 0 Å². The van der Waals surface area contributed by atoms with Crippen molar-refractivity contribution in [1.82, 2.24) is 9.21 Å². The van der Waals surface area contributed by atoms with Gasteiger partial charge in [-0.1, -0.05) is 0 Å². The Morgan fingerprint density at radius 2 is 1.27 bits per heavy atom. The van der Waals surface area contributed by atoms with E-state index in [1.165, 1.54) is 11.0 Å². The number of nitrogens with zero attached hydrogens (tertiary/aromatic N) is 4. The van der Waals surface area contributed by atoms with Gasteiger partial charge in [0.25, 0.3) is 36.0 Å². The monoisotopic (exact) mass is 652 g/mol. The fraction of sp³-hybridized carbons (Fsp3) is 0.684. The largest absolute Gasteiger partial charge is 0.366 e. The third kappa shape index (κ3) is 11.5. The molecule has 0 atom stereocenters. The summed E-state index contributed by atoms with van der Waals surface area (Å²) in [6.07, 6.45) is 2.55. The Labute approximate surface area is 234 Å². The van der Waals surface area contributed by atoms with Crippen molar-refractivity contribution in [3.8, 4) is 0 Å². The van der Waals surface area contributed by atoms with Crippen LogP contribution in [-0.4, -0.2) is 132 Å². The van der Waals surface area contributed by atoms with Gasteiger partial charge in [0, 0.05) is 57.9 Å². The van der Waals surface area contributed by atoms with Crippen LogP contribution in [0, 0.1) is 10.1 Å². The van der Waals surface area contributed by atoms with E-state index in [2.05, 4.69) is 0 Å².